The Morgan fingerprint density at radius 3 is 2.63 bits per heavy atom. The minimum Gasteiger partial charge on any atom is -0.484 e. The number of nitrogens with one attached hydrogen (secondary N) is 3. The number of amides is 3. The molecule has 0 radical (unpaired) electrons. The molecule has 0 aromatic heterocycles. The van der Waals surface area contributed by atoms with E-state index in [1.54, 1.807) is 24.3 Å². The predicted octanol–water partition coefficient (Wildman–Crippen LogP) is 2.07. The van der Waals surface area contributed by atoms with Gasteiger partial charge in [-0.1, -0.05) is 35.9 Å². The van der Waals surface area contributed by atoms with Crippen molar-refractivity contribution >= 4 is 29.6 Å². The molecule has 0 spiro atoms. The second-order valence-corrected chi connectivity index (χ2v) is 6.43. The number of hydrogen-bond acceptors (Lipinski definition) is 5. The van der Waals surface area contributed by atoms with E-state index in [0.29, 0.717) is 11.3 Å². The Morgan fingerprint density at radius 1 is 1.10 bits per heavy atom. The second kappa shape index (κ2) is 11.2. The Labute approximate surface area is 175 Å². The van der Waals surface area contributed by atoms with Crippen molar-refractivity contribution in [2.75, 3.05) is 18.5 Å². The van der Waals surface area contributed by atoms with E-state index in [9.17, 15) is 14.4 Å². The van der Waals surface area contributed by atoms with Crippen molar-refractivity contribution in [3.8, 4) is 5.75 Å². The van der Waals surface area contributed by atoms with E-state index in [0.717, 1.165) is 16.8 Å². The van der Waals surface area contributed by atoms with Crippen LogP contribution in [0.3, 0.4) is 0 Å². The lowest BCUT2D eigenvalue weighted by molar-refractivity contribution is -0.139. The molecule has 0 aliphatic heterocycles. The fourth-order valence-electron chi connectivity index (χ4n) is 2.44. The molecule has 3 N–H and O–H groups in total. The van der Waals surface area contributed by atoms with Crippen molar-refractivity contribution in [3.05, 3.63) is 71.8 Å². The highest BCUT2D eigenvalue weighted by molar-refractivity contribution is 6.35. The van der Waals surface area contributed by atoms with Crippen LogP contribution in [0.5, 0.6) is 5.75 Å². The molecule has 0 heterocycles. The molecule has 2 rings (SSSR count). The molecule has 0 atom stereocenters. The molecule has 3 amide bonds. The van der Waals surface area contributed by atoms with Gasteiger partial charge in [-0.05, 0) is 43.2 Å². The third-order valence-electron chi connectivity index (χ3n) is 3.88. The predicted molar refractivity (Wildman–Crippen MR) is 115 cm³/mol. The van der Waals surface area contributed by atoms with E-state index in [-0.39, 0.29) is 19.1 Å². The standard InChI is InChI=1S/C22H24N4O4/c1-4-10-23-21(28)22(29)26-24-13-17-6-5-7-18(12-17)30-14-20(27)25-19-9-8-15(2)11-16(19)3/h4-9,11-13H,1,10,14H2,2-3H3,(H,23,28)(H,25,27)(H,26,29)/b24-13-. The molecule has 2 aromatic rings. The number of carbonyl (C=O) groups excluding carboxylic acids is 3. The van der Waals surface area contributed by atoms with Gasteiger partial charge in [-0.3, -0.25) is 14.4 Å². The summed E-state index contributed by atoms with van der Waals surface area (Å²) in [6, 6.07) is 12.6. The fourth-order valence-corrected chi connectivity index (χ4v) is 2.44. The molecular formula is C22H24N4O4. The quantitative estimate of drug-likeness (QED) is 0.269. The van der Waals surface area contributed by atoms with E-state index in [1.165, 1.54) is 12.3 Å². The van der Waals surface area contributed by atoms with Crippen molar-refractivity contribution in [2.24, 2.45) is 5.10 Å². The van der Waals surface area contributed by atoms with Gasteiger partial charge in [-0.15, -0.1) is 6.58 Å². The first-order valence-electron chi connectivity index (χ1n) is 9.21. The number of rotatable bonds is 8. The normalized spacial score (nSPS) is 10.3. The van der Waals surface area contributed by atoms with E-state index >= 15 is 0 Å². The molecule has 0 saturated heterocycles. The number of anilines is 1. The molecule has 0 saturated carbocycles. The minimum atomic E-state index is -0.886. The highest BCUT2D eigenvalue weighted by atomic mass is 16.5. The largest absolute Gasteiger partial charge is 0.484 e. The molecule has 156 valence electrons. The average Bonchev–Trinajstić information content (AvgIpc) is 2.72. The Morgan fingerprint density at radius 2 is 1.90 bits per heavy atom. The summed E-state index contributed by atoms with van der Waals surface area (Å²) in [6.07, 6.45) is 2.82. The summed E-state index contributed by atoms with van der Waals surface area (Å²) in [5, 5.41) is 8.89. The molecule has 8 heteroatoms. The van der Waals surface area contributed by atoms with Crippen LogP contribution in [0.1, 0.15) is 16.7 Å². The summed E-state index contributed by atoms with van der Waals surface area (Å²) in [5.74, 6) is -1.51. The van der Waals surface area contributed by atoms with Crippen LogP contribution in [0.4, 0.5) is 5.69 Å². The molecule has 0 fully saturated rings. The maximum absolute atomic E-state index is 12.1. The molecule has 0 unspecified atom stereocenters. The average molecular weight is 408 g/mol. The number of aryl methyl sites for hydroxylation is 2. The number of nitrogens with zero attached hydrogens (tertiary/aromatic N) is 1. The first kappa shape index (κ1) is 22.4. The van der Waals surface area contributed by atoms with Gasteiger partial charge in [0, 0.05) is 12.2 Å². The summed E-state index contributed by atoms with van der Waals surface area (Å²) >= 11 is 0. The molecule has 30 heavy (non-hydrogen) atoms. The van der Waals surface area contributed by atoms with Gasteiger partial charge < -0.3 is 15.4 Å². The van der Waals surface area contributed by atoms with Crippen LogP contribution in [0.25, 0.3) is 0 Å². The Kier molecular flexibility index (Phi) is 8.31. The molecule has 0 aliphatic carbocycles. The Balaban J connectivity index is 1.86. The van der Waals surface area contributed by atoms with Gasteiger partial charge >= 0.3 is 11.8 Å². The van der Waals surface area contributed by atoms with Gasteiger partial charge in [-0.25, -0.2) is 5.43 Å². The van der Waals surface area contributed by atoms with Crippen LogP contribution in [0.15, 0.2) is 60.2 Å². The Bertz CT molecular complexity index is 969. The Hall–Kier alpha value is -3.94. The number of hydrogen-bond donors (Lipinski definition) is 3. The third-order valence-corrected chi connectivity index (χ3v) is 3.88. The van der Waals surface area contributed by atoms with Gasteiger partial charge in [-0.2, -0.15) is 5.10 Å². The van der Waals surface area contributed by atoms with Crippen LogP contribution in [0.2, 0.25) is 0 Å². The summed E-state index contributed by atoms with van der Waals surface area (Å²) in [5.41, 5.74) is 5.58. The molecule has 8 nitrogen and oxygen atoms in total. The summed E-state index contributed by atoms with van der Waals surface area (Å²) in [4.78, 5) is 35.1. The van der Waals surface area contributed by atoms with Gasteiger partial charge in [0.1, 0.15) is 5.75 Å². The third kappa shape index (κ3) is 7.23. The monoisotopic (exact) mass is 408 g/mol. The van der Waals surface area contributed by atoms with Crippen molar-refractivity contribution in [1.29, 1.82) is 0 Å². The molecular weight excluding hydrogens is 384 g/mol. The van der Waals surface area contributed by atoms with E-state index in [4.69, 9.17) is 4.74 Å². The summed E-state index contributed by atoms with van der Waals surface area (Å²) < 4.78 is 5.52. The van der Waals surface area contributed by atoms with E-state index in [1.807, 2.05) is 32.0 Å². The summed E-state index contributed by atoms with van der Waals surface area (Å²) in [6.45, 7) is 7.38. The van der Waals surface area contributed by atoms with E-state index < -0.39 is 11.8 Å². The lowest BCUT2D eigenvalue weighted by Gasteiger charge is -2.10. The zero-order valence-electron chi connectivity index (χ0n) is 16.9. The van der Waals surface area contributed by atoms with Crippen LogP contribution in [-0.2, 0) is 14.4 Å². The number of hydrazone groups is 1. The highest BCUT2D eigenvalue weighted by Crippen LogP contribution is 2.16. The number of benzene rings is 2. The smallest absolute Gasteiger partial charge is 0.329 e. The second-order valence-electron chi connectivity index (χ2n) is 6.43. The lowest BCUT2D eigenvalue weighted by Crippen LogP contribution is -2.37. The fraction of sp³-hybridized carbons (Fsp3) is 0.182. The first-order valence-corrected chi connectivity index (χ1v) is 9.21. The first-order chi connectivity index (χ1) is 14.4. The molecule has 0 bridgehead atoms. The number of carbonyl (C=O) groups is 3. The zero-order chi connectivity index (χ0) is 21.9. The molecule has 2 aromatic carbocycles. The summed E-state index contributed by atoms with van der Waals surface area (Å²) in [7, 11) is 0. The van der Waals surface area contributed by atoms with Gasteiger partial charge in [0.25, 0.3) is 5.91 Å². The van der Waals surface area contributed by atoms with Gasteiger partial charge in [0.15, 0.2) is 6.61 Å². The SMILES string of the molecule is C=CCNC(=O)C(=O)N/N=C\c1cccc(OCC(=O)Nc2ccc(C)cc2C)c1. The van der Waals surface area contributed by atoms with Gasteiger partial charge in [0.2, 0.25) is 0 Å². The topological polar surface area (TPSA) is 109 Å². The molecule has 0 aliphatic rings. The van der Waals surface area contributed by atoms with Crippen LogP contribution < -0.4 is 20.8 Å². The van der Waals surface area contributed by atoms with Crippen molar-refractivity contribution < 1.29 is 19.1 Å². The van der Waals surface area contributed by atoms with Crippen LogP contribution >= 0.6 is 0 Å². The maximum Gasteiger partial charge on any atom is 0.329 e. The highest BCUT2D eigenvalue weighted by Gasteiger charge is 2.10. The van der Waals surface area contributed by atoms with Crippen LogP contribution in [0, 0.1) is 13.8 Å². The van der Waals surface area contributed by atoms with Crippen molar-refractivity contribution in [3.63, 3.8) is 0 Å². The van der Waals surface area contributed by atoms with Crippen molar-refractivity contribution in [2.45, 2.75) is 13.8 Å². The van der Waals surface area contributed by atoms with E-state index in [2.05, 4.69) is 27.7 Å². The zero-order valence-corrected chi connectivity index (χ0v) is 16.9. The minimum absolute atomic E-state index is 0.159. The maximum atomic E-state index is 12.1. The lowest BCUT2D eigenvalue weighted by atomic mass is 10.1. The van der Waals surface area contributed by atoms with Crippen LogP contribution in [-0.4, -0.2) is 37.1 Å². The van der Waals surface area contributed by atoms with Gasteiger partial charge in [0.05, 0.1) is 6.21 Å². The number of ether oxygens (including phenoxy) is 1. The van der Waals surface area contributed by atoms with Crippen molar-refractivity contribution in [1.82, 2.24) is 10.7 Å².